The summed E-state index contributed by atoms with van der Waals surface area (Å²) in [7, 11) is 4.32. The van der Waals surface area contributed by atoms with Crippen molar-refractivity contribution < 1.29 is 0 Å². The molecule has 17 heavy (non-hydrogen) atoms. The summed E-state index contributed by atoms with van der Waals surface area (Å²) < 4.78 is 0. The third-order valence-electron chi connectivity index (χ3n) is 3.32. The van der Waals surface area contributed by atoms with Gasteiger partial charge < -0.3 is 10.2 Å². The van der Waals surface area contributed by atoms with Crippen LogP contribution in [0.4, 0.5) is 0 Å². The van der Waals surface area contributed by atoms with Crippen molar-refractivity contribution in [2.75, 3.05) is 27.2 Å². The quantitative estimate of drug-likeness (QED) is 0.525. The highest BCUT2D eigenvalue weighted by atomic mass is 15.1. The largest absolute Gasteiger partial charge is 0.314 e. The van der Waals surface area contributed by atoms with Crippen LogP contribution in [0, 0.1) is 0 Å². The molecule has 0 rings (SSSR count). The van der Waals surface area contributed by atoms with Crippen molar-refractivity contribution in [3.05, 3.63) is 0 Å². The Balaban J connectivity index is 3.48. The topological polar surface area (TPSA) is 15.3 Å². The molecule has 1 unspecified atom stereocenters. The second-order valence-electron chi connectivity index (χ2n) is 5.40. The minimum absolute atomic E-state index is 0.730. The fraction of sp³-hybridized carbons (Fsp3) is 1.00. The smallest absolute Gasteiger partial charge is 0.00791 e. The lowest BCUT2D eigenvalue weighted by molar-refractivity contribution is 0.346. The molecule has 2 nitrogen and oxygen atoms in total. The Bertz CT molecular complexity index is 146. The molecular weight excluding hydrogens is 208 g/mol. The van der Waals surface area contributed by atoms with Gasteiger partial charge in [-0.2, -0.15) is 0 Å². The molecule has 0 amide bonds. The zero-order valence-electron chi connectivity index (χ0n) is 12.6. The molecule has 104 valence electrons. The van der Waals surface area contributed by atoms with Crippen molar-refractivity contribution >= 4 is 0 Å². The molecule has 0 saturated carbocycles. The first-order valence-corrected chi connectivity index (χ1v) is 7.58. The van der Waals surface area contributed by atoms with Crippen LogP contribution in [0.2, 0.25) is 0 Å². The molecule has 2 heteroatoms. The minimum atomic E-state index is 0.730. The van der Waals surface area contributed by atoms with Gasteiger partial charge in [0, 0.05) is 6.04 Å². The third kappa shape index (κ3) is 12.2. The standard InChI is InChI=1S/C15H34N2/c1-5-7-8-9-10-11-12-15(16-6-2)13-14-17(3)4/h15-16H,5-14H2,1-4H3. The Labute approximate surface area is 109 Å². The van der Waals surface area contributed by atoms with Crippen molar-refractivity contribution in [3.8, 4) is 0 Å². The van der Waals surface area contributed by atoms with E-state index in [0.717, 1.165) is 12.6 Å². The Morgan fingerprint density at radius 3 is 2.12 bits per heavy atom. The van der Waals surface area contributed by atoms with Gasteiger partial charge >= 0.3 is 0 Å². The number of hydrogen-bond donors (Lipinski definition) is 1. The molecule has 0 spiro atoms. The Kier molecular flexibility index (Phi) is 12.3. The Morgan fingerprint density at radius 1 is 0.882 bits per heavy atom. The van der Waals surface area contributed by atoms with Gasteiger partial charge in [-0.15, -0.1) is 0 Å². The van der Waals surface area contributed by atoms with Gasteiger partial charge in [-0.05, 0) is 40.0 Å². The van der Waals surface area contributed by atoms with Gasteiger partial charge in [0.05, 0.1) is 0 Å². The lowest BCUT2D eigenvalue weighted by atomic mass is 10.0. The lowest BCUT2D eigenvalue weighted by Crippen LogP contribution is -2.32. The van der Waals surface area contributed by atoms with Gasteiger partial charge in [0.2, 0.25) is 0 Å². The molecule has 1 N–H and O–H groups in total. The van der Waals surface area contributed by atoms with Crippen molar-refractivity contribution in [2.24, 2.45) is 0 Å². The molecule has 0 aliphatic rings. The monoisotopic (exact) mass is 242 g/mol. The van der Waals surface area contributed by atoms with Gasteiger partial charge in [-0.1, -0.05) is 52.4 Å². The predicted molar refractivity (Wildman–Crippen MR) is 78.6 cm³/mol. The molecule has 0 radical (unpaired) electrons. The highest BCUT2D eigenvalue weighted by molar-refractivity contribution is 4.67. The zero-order chi connectivity index (χ0) is 12.9. The second-order valence-corrected chi connectivity index (χ2v) is 5.40. The zero-order valence-corrected chi connectivity index (χ0v) is 12.6. The Hall–Kier alpha value is -0.0800. The summed E-state index contributed by atoms with van der Waals surface area (Å²) >= 11 is 0. The molecule has 0 heterocycles. The maximum atomic E-state index is 3.61. The van der Waals surface area contributed by atoms with Crippen LogP contribution >= 0.6 is 0 Å². The minimum Gasteiger partial charge on any atom is -0.314 e. The fourth-order valence-electron chi connectivity index (χ4n) is 2.22. The average molecular weight is 242 g/mol. The molecule has 0 aromatic heterocycles. The van der Waals surface area contributed by atoms with Crippen LogP contribution in [0.3, 0.4) is 0 Å². The number of rotatable bonds is 12. The summed E-state index contributed by atoms with van der Waals surface area (Å²) in [5.41, 5.74) is 0. The summed E-state index contributed by atoms with van der Waals surface area (Å²) in [5.74, 6) is 0. The number of unbranched alkanes of at least 4 members (excludes halogenated alkanes) is 5. The number of hydrogen-bond acceptors (Lipinski definition) is 2. The molecule has 0 aromatic rings. The van der Waals surface area contributed by atoms with Gasteiger partial charge in [0.1, 0.15) is 0 Å². The van der Waals surface area contributed by atoms with Crippen molar-refractivity contribution in [1.29, 1.82) is 0 Å². The van der Waals surface area contributed by atoms with E-state index in [4.69, 9.17) is 0 Å². The summed E-state index contributed by atoms with van der Waals surface area (Å²) in [6.07, 6.45) is 11.1. The molecule has 0 aromatic carbocycles. The Morgan fingerprint density at radius 2 is 1.53 bits per heavy atom. The van der Waals surface area contributed by atoms with Crippen molar-refractivity contribution in [1.82, 2.24) is 10.2 Å². The first kappa shape index (κ1) is 16.9. The van der Waals surface area contributed by atoms with Gasteiger partial charge in [-0.3, -0.25) is 0 Å². The van der Waals surface area contributed by atoms with E-state index in [2.05, 4.69) is 38.2 Å². The summed E-state index contributed by atoms with van der Waals surface area (Å²) in [6, 6.07) is 0.730. The molecule has 0 fully saturated rings. The molecule has 1 atom stereocenters. The molecule has 0 aliphatic heterocycles. The average Bonchev–Trinajstić information content (AvgIpc) is 2.30. The maximum Gasteiger partial charge on any atom is 0.00791 e. The maximum absolute atomic E-state index is 3.61. The summed E-state index contributed by atoms with van der Waals surface area (Å²) in [6.45, 7) is 6.80. The third-order valence-corrected chi connectivity index (χ3v) is 3.32. The van der Waals surface area contributed by atoms with Crippen LogP contribution < -0.4 is 5.32 Å². The van der Waals surface area contributed by atoms with Gasteiger partial charge in [0.15, 0.2) is 0 Å². The van der Waals surface area contributed by atoms with Crippen LogP contribution in [0.25, 0.3) is 0 Å². The van der Waals surface area contributed by atoms with E-state index in [0.29, 0.717) is 0 Å². The second kappa shape index (κ2) is 12.4. The highest BCUT2D eigenvalue weighted by Gasteiger charge is 2.06. The summed E-state index contributed by atoms with van der Waals surface area (Å²) in [5, 5.41) is 3.61. The van der Waals surface area contributed by atoms with Crippen LogP contribution in [0.1, 0.15) is 65.2 Å². The van der Waals surface area contributed by atoms with Crippen LogP contribution in [0.15, 0.2) is 0 Å². The molecule has 0 bridgehead atoms. The SMILES string of the molecule is CCCCCCCCC(CCN(C)C)NCC. The normalized spacial score (nSPS) is 13.2. The van der Waals surface area contributed by atoms with E-state index in [1.807, 2.05) is 0 Å². The number of nitrogens with one attached hydrogen (secondary N) is 1. The first-order valence-electron chi connectivity index (χ1n) is 7.58. The van der Waals surface area contributed by atoms with Crippen molar-refractivity contribution in [3.63, 3.8) is 0 Å². The molecular formula is C15H34N2. The van der Waals surface area contributed by atoms with Crippen molar-refractivity contribution in [2.45, 2.75) is 71.3 Å². The van der Waals surface area contributed by atoms with E-state index in [-0.39, 0.29) is 0 Å². The first-order chi connectivity index (χ1) is 8.20. The van der Waals surface area contributed by atoms with E-state index in [1.54, 1.807) is 0 Å². The highest BCUT2D eigenvalue weighted by Crippen LogP contribution is 2.10. The predicted octanol–water partition coefficient (Wildman–Crippen LogP) is 3.67. The van der Waals surface area contributed by atoms with Crippen LogP contribution in [-0.4, -0.2) is 38.1 Å². The van der Waals surface area contributed by atoms with E-state index < -0.39 is 0 Å². The van der Waals surface area contributed by atoms with Crippen LogP contribution in [-0.2, 0) is 0 Å². The van der Waals surface area contributed by atoms with E-state index in [1.165, 1.54) is 57.9 Å². The molecule has 0 aliphatic carbocycles. The van der Waals surface area contributed by atoms with E-state index in [9.17, 15) is 0 Å². The number of nitrogens with zero attached hydrogens (tertiary/aromatic N) is 1. The fourth-order valence-corrected chi connectivity index (χ4v) is 2.22. The van der Waals surface area contributed by atoms with Crippen LogP contribution in [0.5, 0.6) is 0 Å². The lowest BCUT2D eigenvalue weighted by Gasteiger charge is -2.20. The van der Waals surface area contributed by atoms with E-state index >= 15 is 0 Å². The molecule has 0 saturated heterocycles. The summed E-state index contributed by atoms with van der Waals surface area (Å²) in [4.78, 5) is 2.28. The van der Waals surface area contributed by atoms with Gasteiger partial charge in [0.25, 0.3) is 0 Å². The van der Waals surface area contributed by atoms with Gasteiger partial charge in [-0.25, -0.2) is 0 Å².